The summed E-state index contributed by atoms with van der Waals surface area (Å²) in [5.74, 6) is 0.429. The Labute approximate surface area is 155 Å². The third-order valence-electron chi connectivity index (χ3n) is 5.25. The van der Waals surface area contributed by atoms with Gasteiger partial charge in [-0.3, -0.25) is 4.57 Å². The topological polar surface area (TPSA) is 90.8 Å². The number of fused-ring (bicyclic) bond motifs is 7. The first-order valence-corrected chi connectivity index (χ1v) is 9.01. The number of rotatable bonds is 1. The zero-order valence-corrected chi connectivity index (χ0v) is 15.4. The Hall–Kier alpha value is -3.35. The predicted octanol–water partition coefficient (Wildman–Crippen LogP) is 3.60. The van der Waals surface area contributed by atoms with E-state index in [2.05, 4.69) is 45.8 Å². The minimum absolute atomic E-state index is 0.140. The Morgan fingerprint density at radius 1 is 1.22 bits per heavy atom. The molecular formula is C20H20N6O. The normalized spacial score (nSPS) is 13.7. The van der Waals surface area contributed by atoms with E-state index in [1.807, 2.05) is 19.1 Å². The van der Waals surface area contributed by atoms with Crippen LogP contribution in [0.5, 0.6) is 0 Å². The van der Waals surface area contributed by atoms with Crippen LogP contribution in [0.2, 0.25) is 0 Å². The lowest BCUT2D eigenvalue weighted by molar-refractivity contribution is 0.243. The summed E-state index contributed by atoms with van der Waals surface area (Å²) in [6, 6.07) is 8.18. The molecule has 0 saturated heterocycles. The molecule has 27 heavy (non-hydrogen) atoms. The summed E-state index contributed by atoms with van der Waals surface area (Å²) in [6.45, 7) is 6.66. The molecule has 0 saturated carbocycles. The van der Waals surface area contributed by atoms with Gasteiger partial charge in [0, 0.05) is 22.7 Å². The molecule has 0 aliphatic carbocycles. The highest BCUT2D eigenvalue weighted by molar-refractivity contribution is 6.08. The van der Waals surface area contributed by atoms with E-state index in [9.17, 15) is 4.79 Å². The van der Waals surface area contributed by atoms with E-state index in [4.69, 9.17) is 5.73 Å². The van der Waals surface area contributed by atoms with Gasteiger partial charge >= 0.3 is 6.03 Å². The summed E-state index contributed by atoms with van der Waals surface area (Å²) < 4.78 is 3.87. The average molecular weight is 360 g/mol. The zero-order valence-electron chi connectivity index (χ0n) is 15.4. The maximum Gasteiger partial charge on any atom is 0.326 e. The monoisotopic (exact) mass is 360 g/mol. The molecule has 5 rings (SSSR count). The Bertz CT molecular complexity index is 1250. The van der Waals surface area contributed by atoms with Crippen molar-refractivity contribution < 1.29 is 4.79 Å². The standard InChI is InChI=1S/C20H20N6O/c1-10(2)25-15-8-22-20(27)26-13-5-4-11(3)6-12(13)7-14(26)16(15)17-18(21)23-9-24-19(17)25/h4-7,9-10H,8H2,1-3H3,(H,22,27)(H2,21,23,24). The van der Waals surface area contributed by atoms with Crippen LogP contribution in [0, 0.1) is 6.92 Å². The van der Waals surface area contributed by atoms with Crippen molar-refractivity contribution >= 4 is 33.8 Å². The molecular weight excluding hydrogens is 340 g/mol. The summed E-state index contributed by atoms with van der Waals surface area (Å²) in [6.07, 6.45) is 1.49. The van der Waals surface area contributed by atoms with Gasteiger partial charge in [0.05, 0.1) is 23.1 Å². The summed E-state index contributed by atoms with van der Waals surface area (Å²) in [5, 5.41) is 4.87. The fraction of sp³-hybridized carbons (Fsp3) is 0.250. The number of nitrogens with zero attached hydrogens (tertiary/aromatic N) is 4. The van der Waals surface area contributed by atoms with Crippen molar-refractivity contribution in [3.05, 3.63) is 41.9 Å². The maximum atomic E-state index is 12.9. The van der Waals surface area contributed by atoms with Gasteiger partial charge in [0.25, 0.3) is 0 Å². The van der Waals surface area contributed by atoms with E-state index in [1.165, 1.54) is 6.33 Å². The number of carbonyl (C=O) groups is 1. The van der Waals surface area contributed by atoms with Crippen LogP contribution in [0.15, 0.2) is 30.6 Å². The van der Waals surface area contributed by atoms with E-state index in [0.717, 1.165) is 44.5 Å². The Balaban J connectivity index is 1.99. The molecule has 3 aromatic heterocycles. The van der Waals surface area contributed by atoms with Gasteiger partial charge < -0.3 is 15.6 Å². The highest BCUT2D eigenvalue weighted by Crippen LogP contribution is 2.41. The molecule has 0 atom stereocenters. The van der Waals surface area contributed by atoms with Gasteiger partial charge in [-0.2, -0.15) is 0 Å². The third kappa shape index (κ3) is 2.05. The number of nitrogens with two attached hydrogens (primary N) is 1. The van der Waals surface area contributed by atoms with E-state index >= 15 is 0 Å². The SMILES string of the molecule is Cc1ccc2c(c1)cc1n2C(=O)NCc2c-1c1c(N)ncnc1n2C(C)C. The number of aromatic nitrogens is 4. The van der Waals surface area contributed by atoms with Gasteiger partial charge in [-0.1, -0.05) is 11.6 Å². The number of nitrogen functional groups attached to an aromatic ring is 1. The predicted molar refractivity (Wildman–Crippen MR) is 106 cm³/mol. The first-order chi connectivity index (χ1) is 13.0. The molecule has 7 nitrogen and oxygen atoms in total. The van der Waals surface area contributed by atoms with Crippen molar-refractivity contribution in [2.75, 3.05) is 5.73 Å². The summed E-state index contributed by atoms with van der Waals surface area (Å²) in [4.78, 5) is 21.6. The van der Waals surface area contributed by atoms with Crippen molar-refractivity contribution in [3.8, 4) is 11.3 Å². The molecule has 0 spiro atoms. The number of carbonyl (C=O) groups excluding carboxylic acids is 1. The fourth-order valence-electron chi connectivity index (χ4n) is 4.19. The molecule has 3 N–H and O–H groups in total. The smallest absolute Gasteiger partial charge is 0.326 e. The second kappa shape index (κ2) is 5.33. The quantitative estimate of drug-likeness (QED) is 0.543. The van der Waals surface area contributed by atoms with Gasteiger partial charge in [-0.05, 0) is 39.0 Å². The highest BCUT2D eigenvalue weighted by atomic mass is 16.2. The zero-order chi connectivity index (χ0) is 18.9. The van der Waals surface area contributed by atoms with Gasteiger partial charge in [0.2, 0.25) is 0 Å². The Kier molecular flexibility index (Phi) is 3.13. The minimum Gasteiger partial charge on any atom is -0.383 e. The van der Waals surface area contributed by atoms with Crippen LogP contribution in [0.3, 0.4) is 0 Å². The van der Waals surface area contributed by atoms with E-state index < -0.39 is 0 Å². The Morgan fingerprint density at radius 3 is 2.81 bits per heavy atom. The molecule has 0 fully saturated rings. The molecule has 7 heteroatoms. The van der Waals surface area contributed by atoms with E-state index in [1.54, 1.807) is 4.57 Å². The lowest BCUT2D eigenvalue weighted by atomic mass is 10.1. The van der Waals surface area contributed by atoms with Crippen molar-refractivity contribution in [2.45, 2.75) is 33.4 Å². The van der Waals surface area contributed by atoms with Gasteiger partial charge in [-0.25, -0.2) is 14.8 Å². The van der Waals surface area contributed by atoms with E-state index in [-0.39, 0.29) is 12.1 Å². The molecule has 0 radical (unpaired) electrons. The average Bonchev–Trinajstić information content (AvgIpc) is 3.11. The van der Waals surface area contributed by atoms with Gasteiger partial charge in [0.15, 0.2) is 0 Å². The molecule has 1 aromatic carbocycles. The highest BCUT2D eigenvalue weighted by Gasteiger charge is 2.30. The number of hydrogen-bond donors (Lipinski definition) is 2. The first kappa shape index (κ1) is 15.9. The van der Waals surface area contributed by atoms with Gasteiger partial charge in [0.1, 0.15) is 17.8 Å². The second-order valence-electron chi connectivity index (χ2n) is 7.33. The first-order valence-electron chi connectivity index (χ1n) is 9.01. The summed E-state index contributed by atoms with van der Waals surface area (Å²) >= 11 is 0. The number of anilines is 1. The van der Waals surface area contributed by atoms with Crippen molar-refractivity contribution in [2.24, 2.45) is 0 Å². The van der Waals surface area contributed by atoms with E-state index in [0.29, 0.717) is 12.4 Å². The van der Waals surface area contributed by atoms with Crippen LogP contribution < -0.4 is 11.1 Å². The van der Waals surface area contributed by atoms with Crippen molar-refractivity contribution in [1.29, 1.82) is 0 Å². The van der Waals surface area contributed by atoms with Crippen LogP contribution in [0.1, 0.15) is 31.1 Å². The molecule has 1 aliphatic heterocycles. The number of hydrogen-bond acceptors (Lipinski definition) is 4. The van der Waals surface area contributed by atoms with Crippen molar-refractivity contribution in [1.82, 2.24) is 24.4 Å². The number of nitrogens with one attached hydrogen (secondary N) is 1. The second-order valence-corrected chi connectivity index (χ2v) is 7.33. The van der Waals surface area contributed by atoms with Gasteiger partial charge in [-0.15, -0.1) is 0 Å². The maximum absolute atomic E-state index is 12.9. The summed E-state index contributed by atoms with van der Waals surface area (Å²) in [5.41, 5.74) is 11.9. The summed E-state index contributed by atoms with van der Waals surface area (Å²) in [7, 11) is 0. The van der Waals surface area contributed by atoms with Crippen LogP contribution in [0.25, 0.3) is 33.2 Å². The van der Waals surface area contributed by atoms with Crippen LogP contribution >= 0.6 is 0 Å². The Morgan fingerprint density at radius 2 is 2.04 bits per heavy atom. The molecule has 1 amide bonds. The van der Waals surface area contributed by atoms with Crippen molar-refractivity contribution in [3.63, 3.8) is 0 Å². The number of benzene rings is 1. The van der Waals surface area contributed by atoms with Crippen LogP contribution in [-0.4, -0.2) is 25.1 Å². The lowest BCUT2D eigenvalue weighted by Gasteiger charge is -2.14. The molecule has 4 aromatic rings. The fourth-order valence-corrected chi connectivity index (χ4v) is 4.19. The molecule has 4 heterocycles. The van der Waals surface area contributed by atoms with Crippen LogP contribution in [-0.2, 0) is 6.54 Å². The molecule has 0 unspecified atom stereocenters. The largest absolute Gasteiger partial charge is 0.383 e. The molecule has 1 aliphatic rings. The van der Waals surface area contributed by atoms with Crippen LogP contribution in [0.4, 0.5) is 10.6 Å². The number of aryl methyl sites for hydroxylation is 1. The molecule has 136 valence electrons. The third-order valence-corrected chi connectivity index (χ3v) is 5.25. The number of amides is 1. The lowest BCUT2D eigenvalue weighted by Crippen LogP contribution is -2.27. The molecule has 0 bridgehead atoms. The minimum atomic E-state index is -0.140.